The Labute approximate surface area is 95.2 Å². The number of benzene rings is 1. The third kappa shape index (κ3) is 4.88. The summed E-state index contributed by atoms with van der Waals surface area (Å²) in [5.74, 6) is -0.301. The van der Waals surface area contributed by atoms with Gasteiger partial charge in [0.1, 0.15) is 0 Å². The van der Waals surface area contributed by atoms with Gasteiger partial charge < -0.3 is 0 Å². The minimum Gasteiger partial charge on any atom is -0.258 e. The smallest absolute Gasteiger partial charge is 0.258 e. The molecule has 0 N–H and O–H groups in total. The number of hydrogen-bond acceptors (Lipinski definition) is 4. The van der Waals surface area contributed by atoms with Crippen LogP contribution in [0.3, 0.4) is 0 Å². The van der Waals surface area contributed by atoms with Gasteiger partial charge in [0.15, 0.2) is 9.84 Å². The molecule has 0 aliphatic rings. The van der Waals surface area contributed by atoms with Crippen LogP contribution in [0.1, 0.15) is 19.4 Å². The molecule has 0 heterocycles. The lowest BCUT2D eigenvalue weighted by atomic mass is 10.2. The van der Waals surface area contributed by atoms with E-state index < -0.39 is 14.8 Å². The van der Waals surface area contributed by atoms with E-state index >= 15 is 0 Å². The van der Waals surface area contributed by atoms with Gasteiger partial charge in [0.05, 0.1) is 10.7 Å². The molecule has 16 heavy (non-hydrogen) atoms. The Morgan fingerprint density at radius 2 is 1.75 bits per heavy atom. The van der Waals surface area contributed by atoms with E-state index in [1.807, 2.05) is 13.8 Å². The Kier molecular flexibility index (Phi) is 5.66. The number of rotatable bonds is 3. The maximum absolute atomic E-state index is 11.0. The normalized spacial score (nSPS) is 10.2. The summed E-state index contributed by atoms with van der Waals surface area (Å²) in [7, 11) is -3.24. The number of nitrogens with zero attached hydrogens (tertiary/aromatic N) is 1. The number of nitro groups is 1. The first-order valence-electron chi connectivity index (χ1n) is 4.80. The SMILES string of the molecule is CC.CS(=O)(=O)Cc1ccccc1[N+](=O)[O-]. The molecule has 1 rings (SSSR count). The lowest BCUT2D eigenvalue weighted by Crippen LogP contribution is -2.03. The molecule has 0 spiro atoms. The zero-order valence-corrected chi connectivity index (χ0v) is 10.3. The van der Waals surface area contributed by atoms with Gasteiger partial charge in [0, 0.05) is 17.9 Å². The summed E-state index contributed by atoms with van der Waals surface area (Å²) in [6.45, 7) is 4.00. The highest BCUT2D eigenvalue weighted by molar-refractivity contribution is 7.89. The van der Waals surface area contributed by atoms with Crippen molar-refractivity contribution >= 4 is 15.5 Å². The average Bonchev–Trinajstić information content (AvgIpc) is 2.19. The number of sulfone groups is 1. The molecule has 5 nitrogen and oxygen atoms in total. The summed E-state index contributed by atoms with van der Waals surface area (Å²) in [6.07, 6.45) is 1.05. The summed E-state index contributed by atoms with van der Waals surface area (Å²) >= 11 is 0. The standard InChI is InChI=1S/C8H9NO4S.C2H6/c1-14(12,13)6-7-4-2-3-5-8(7)9(10)11;1-2/h2-5H,6H2,1H3;1-2H3. The van der Waals surface area contributed by atoms with Crippen molar-refractivity contribution in [3.8, 4) is 0 Å². The van der Waals surface area contributed by atoms with Crippen LogP contribution in [-0.2, 0) is 15.6 Å². The molecule has 90 valence electrons. The van der Waals surface area contributed by atoms with E-state index in [2.05, 4.69) is 0 Å². The second-order valence-corrected chi connectivity index (χ2v) is 5.10. The van der Waals surface area contributed by atoms with Crippen molar-refractivity contribution in [2.75, 3.05) is 6.26 Å². The molecule has 0 atom stereocenters. The first-order valence-corrected chi connectivity index (χ1v) is 6.86. The third-order valence-corrected chi connectivity index (χ3v) is 2.44. The Hall–Kier alpha value is -1.43. The highest BCUT2D eigenvalue weighted by Gasteiger charge is 2.15. The van der Waals surface area contributed by atoms with E-state index in [9.17, 15) is 18.5 Å². The highest BCUT2D eigenvalue weighted by Crippen LogP contribution is 2.19. The molecule has 0 fully saturated rings. The van der Waals surface area contributed by atoms with Gasteiger partial charge in [0.25, 0.3) is 5.69 Å². The monoisotopic (exact) mass is 245 g/mol. The largest absolute Gasteiger partial charge is 0.273 e. The molecule has 1 aromatic rings. The van der Waals surface area contributed by atoms with Gasteiger partial charge in [0.2, 0.25) is 0 Å². The Balaban J connectivity index is 0.00000106. The quantitative estimate of drug-likeness (QED) is 0.604. The fraction of sp³-hybridized carbons (Fsp3) is 0.400. The van der Waals surface area contributed by atoms with E-state index in [0.717, 1.165) is 6.26 Å². The Bertz CT molecular complexity index is 454. The molecule has 0 aromatic heterocycles. The van der Waals surface area contributed by atoms with Gasteiger partial charge in [-0.15, -0.1) is 0 Å². The molecule has 0 saturated carbocycles. The average molecular weight is 245 g/mol. The maximum Gasteiger partial charge on any atom is 0.273 e. The van der Waals surface area contributed by atoms with Gasteiger partial charge in [-0.2, -0.15) is 0 Å². The molecule has 0 unspecified atom stereocenters. The van der Waals surface area contributed by atoms with Crippen molar-refractivity contribution in [2.24, 2.45) is 0 Å². The van der Waals surface area contributed by atoms with Crippen molar-refractivity contribution in [3.05, 3.63) is 39.9 Å². The number of para-hydroxylation sites is 1. The second kappa shape index (κ2) is 6.22. The molecule has 0 aliphatic carbocycles. The van der Waals surface area contributed by atoms with E-state index in [4.69, 9.17) is 0 Å². The molecule has 0 aliphatic heterocycles. The van der Waals surface area contributed by atoms with Gasteiger partial charge in [-0.1, -0.05) is 32.0 Å². The molecule has 0 saturated heterocycles. The molecule has 0 bridgehead atoms. The minimum absolute atomic E-state index is 0.155. The van der Waals surface area contributed by atoms with E-state index in [1.54, 1.807) is 6.07 Å². The summed E-state index contributed by atoms with van der Waals surface area (Å²) in [4.78, 5) is 9.94. The van der Waals surface area contributed by atoms with Gasteiger partial charge in [-0.3, -0.25) is 10.1 Å². The van der Waals surface area contributed by atoms with Crippen molar-refractivity contribution in [1.82, 2.24) is 0 Å². The highest BCUT2D eigenvalue weighted by atomic mass is 32.2. The van der Waals surface area contributed by atoms with E-state index in [1.165, 1.54) is 18.2 Å². The van der Waals surface area contributed by atoms with Crippen molar-refractivity contribution < 1.29 is 13.3 Å². The van der Waals surface area contributed by atoms with Crippen molar-refractivity contribution in [1.29, 1.82) is 0 Å². The fourth-order valence-corrected chi connectivity index (χ4v) is 1.90. The zero-order valence-electron chi connectivity index (χ0n) is 9.50. The predicted molar refractivity (Wildman–Crippen MR) is 63.0 cm³/mol. The summed E-state index contributed by atoms with van der Waals surface area (Å²) in [6, 6.07) is 5.82. The van der Waals surface area contributed by atoms with Crippen LogP contribution in [0, 0.1) is 10.1 Å². The summed E-state index contributed by atoms with van der Waals surface area (Å²) in [5, 5.41) is 10.5. The zero-order chi connectivity index (χ0) is 12.8. The summed E-state index contributed by atoms with van der Waals surface area (Å²) < 4.78 is 21.9. The molecule has 0 amide bonds. The Morgan fingerprint density at radius 3 is 2.19 bits per heavy atom. The molecular weight excluding hydrogens is 230 g/mol. The van der Waals surface area contributed by atoms with Crippen LogP contribution < -0.4 is 0 Å². The van der Waals surface area contributed by atoms with E-state index in [0.29, 0.717) is 0 Å². The lowest BCUT2D eigenvalue weighted by molar-refractivity contribution is -0.385. The van der Waals surface area contributed by atoms with Gasteiger partial charge in [-0.05, 0) is 0 Å². The first kappa shape index (κ1) is 14.6. The molecule has 6 heteroatoms. The maximum atomic E-state index is 11.0. The van der Waals surface area contributed by atoms with Gasteiger partial charge in [-0.25, -0.2) is 8.42 Å². The second-order valence-electron chi connectivity index (χ2n) is 2.96. The molecular formula is C10H15NO4S. The van der Waals surface area contributed by atoms with Crippen LogP contribution in [0.4, 0.5) is 5.69 Å². The number of hydrogen-bond donors (Lipinski definition) is 0. The van der Waals surface area contributed by atoms with Crippen LogP contribution >= 0.6 is 0 Å². The van der Waals surface area contributed by atoms with Crippen molar-refractivity contribution in [3.63, 3.8) is 0 Å². The van der Waals surface area contributed by atoms with E-state index in [-0.39, 0.29) is 17.0 Å². The predicted octanol–water partition coefficient (Wildman–Crippen LogP) is 2.17. The van der Waals surface area contributed by atoms with Gasteiger partial charge >= 0.3 is 0 Å². The fourth-order valence-electron chi connectivity index (χ4n) is 1.09. The lowest BCUT2D eigenvalue weighted by Gasteiger charge is -2.00. The first-order chi connectivity index (χ1) is 7.40. The minimum atomic E-state index is -3.24. The Morgan fingerprint density at radius 1 is 1.25 bits per heavy atom. The molecule has 0 radical (unpaired) electrons. The van der Waals surface area contributed by atoms with Crippen LogP contribution in [0.15, 0.2) is 24.3 Å². The summed E-state index contributed by atoms with van der Waals surface area (Å²) in [5.41, 5.74) is 0.0675. The van der Waals surface area contributed by atoms with Crippen LogP contribution in [-0.4, -0.2) is 19.6 Å². The molecule has 1 aromatic carbocycles. The van der Waals surface area contributed by atoms with Crippen LogP contribution in [0.2, 0.25) is 0 Å². The van der Waals surface area contributed by atoms with Crippen molar-refractivity contribution in [2.45, 2.75) is 19.6 Å². The third-order valence-electron chi connectivity index (χ3n) is 1.61. The van der Waals surface area contributed by atoms with Crippen LogP contribution in [0.5, 0.6) is 0 Å². The number of nitro benzene ring substituents is 1. The van der Waals surface area contributed by atoms with Crippen LogP contribution in [0.25, 0.3) is 0 Å². The topological polar surface area (TPSA) is 77.3 Å².